The molecule has 1 amide bonds. The summed E-state index contributed by atoms with van der Waals surface area (Å²) in [7, 11) is 0.104. The number of esters is 1. The Morgan fingerprint density at radius 1 is 0.934 bits per heavy atom. The molecule has 3 aliphatic rings. The normalized spacial score (nSPS) is 31.0. The molecule has 0 aliphatic carbocycles. The van der Waals surface area contributed by atoms with Gasteiger partial charge in [0.1, 0.15) is 23.9 Å². The Kier molecular flexibility index (Phi) is 18.8. The van der Waals surface area contributed by atoms with Crippen molar-refractivity contribution in [3.63, 3.8) is 0 Å². The number of ketones is 2. The van der Waals surface area contributed by atoms with Crippen LogP contribution in [0.5, 0.6) is 0 Å². The number of aromatic nitrogens is 6. The summed E-state index contributed by atoms with van der Waals surface area (Å²) in [5.41, 5.74) is 0.627. The number of carbonyl (C=O) groups is 4. The monoisotopic (exact) mass is 1070 g/mol. The van der Waals surface area contributed by atoms with Crippen LogP contribution in [-0.2, 0) is 73.8 Å². The number of hydrogen-bond acceptors (Lipinski definition) is 17. The topological polar surface area (TPSA) is 237 Å². The number of carbonyl (C=O) groups excluding carboxylic acids is 4. The lowest BCUT2D eigenvalue weighted by molar-refractivity contribution is -0.296. The number of pyridine rings is 1. The summed E-state index contributed by atoms with van der Waals surface area (Å²) < 4.78 is 59.3. The predicted molar refractivity (Wildman–Crippen MR) is 280 cm³/mol. The molecule has 3 fully saturated rings. The zero-order valence-corrected chi connectivity index (χ0v) is 46.7. The van der Waals surface area contributed by atoms with E-state index in [1.165, 1.54) is 20.3 Å². The summed E-state index contributed by atoms with van der Waals surface area (Å²) in [6.07, 6.45) is 7.87. The molecule has 0 unspecified atom stereocenters. The van der Waals surface area contributed by atoms with Crippen molar-refractivity contribution in [3.05, 3.63) is 78.8 Å². The zero-order valence-electron chi connectivity index (χ0n) is 45.9. The van der Waals surface area contributed by atoms with Crippen molar-refractivity contribution >= 4 is 33.5 Å². The number of sulfone groups is 1. The molecular formula is C55H78N8O12S. The van der Waals surface area contributed by atoms with Crippen LogP contribution in [0.25, 0.3) is 11.3 Å². The minimum atomic E-state index is -3.29. The molecule has 4 aromatic rings. The smallest absolute Gasteiger partial charge is 0.410 e. The highest BCUT2D eigenvalue weighted by molar-refractivity contribution is 7.90. The summed E-state index contributed by atoms with van der Waals surface area (Å²) in [6, 6.07) is 9.32. The molecule has 0 spiro atoms. The maximum absolute atomic E-state index is 15.0. The maximum Gasteiger partial charge on any atom is 0.410 e. The van der Waals surface area contributed by atoms with Crippen molar-refractivity contribution in [1.82, 2.24) is 39.3 Å². The van der Waals surface area contributed by atoms with Gasteiger partial charge in [-0.1, -0.05) is 45.0 Å². The van der Waals surface area contributed by atoms with Crippen LogP contribution in [0.3, 0.4) is 0 Å². The number of cyclic esters (lactones) is 1. The van der Waals surface area contributed by atoms with Crippen LogP contribution in [0.2, 0.25) is 0 Å². The summed E-state index contributed by atoms with van der Waals surface area (Å²) in [5.74, 6) is -5.30. The number of rotatable bonds is 18. The largest absolute Gasteiger partial charge is 0.458 e. The Labute approximate surface area is 447 Å². The molecule has 7 rings (SSSR count). The number of aliphatic hydroxyl groups excluding tert-OH is 1. The highest BCUT2D eigenvalue weighted by Crippen LogP contribution is 2.43. The van der Waals surface area contributed by atoms with E-state index < -0.39 is 99.2 Å². The fraction of sp³-hybridized carbons (Fsp3) is 0.636. The second-order valence-electron chi connectivity index (χ2n) is 21.7. The van der Waals surface area contributed by atoms with Crippen molar-refractivity contribution in [1.29, 1.82) is 0 Å². The van der Waals surface area contributed by atoms with Crippen molar-refractivity contribution in [3.8, 4) is 11.3 Å². The molecule has 76 heavy (non-hydrogen) atoms. The van der Waals surface area contributed by atoms with Gasteiger partial charge in [0, 0.05) is 100 Å². The molecule has 416 valence electrons. The number of ether oxygens (including phenoxy) is 5. The SMILES string of the molecule is CC[C@H]1OC(=O)[C@H](C)C(=O)[C@H](C)[C@@H](O[C@@H]2O[C@H](C)C[C@H](N(C)CCc3cn(CCc4ccc(S(C)(=O)=O)cc4)nn3)[C@H]2O)[C@](C)(OC)C[C@@H](C)C(=O)[C@H](C)[C@H]2N(CCCCn3cnc(-c4cccnc4)c3)C(=O)O[C@]12C. The first kappa shape index (κ1) is 58.2. The van der Waals surface area contributed by atoms with E-state index >= 15 is 0 Å². The Morgan fingerprint density at radius 2 is 1.66 bits per heavy atom. The first-order chi connectivity index (χ1) is 36.0. The lowest BCUT2D eigenvalue weighted by Crippen LogP contribution is -2.60. The van der Waals surface area contributed by atoms with Gasteiger partial charge >= 0.3 is 12.1 Å². The molecule has 3 aliphatic heterocycles. The van der Waals surface area contributed by atoms with Gasteiger partial charge in [-0.25, -0.2) is 18.2 Å². The molecule has 0 radical (unpaired) electrons. The molecule has 0 bridgehead atoms. The van der Waals surface area contributed by atoms with E-state index in [9.17, 15) is 32.7 Å². The molecule has 3 aromatic heterocycles. The number of likely N-dealkylation sites (N-methyl/N-ethyl adjacent to an activating group) is 1. The summed E-state index contributed by atoms with van der Waals surface area (Å²) >= 11 is 0. The average Bonchev–Trinajstić information content (AvgIpc) is 4.17. The number of imidazole rings is 1. The van der Waals surface area contributed by atoms with Gasteiger partial charge in [-0.2, -0.15) is 0 Å². The lowest BCUT2D eigenvalue weighted by atomic mass is 9.73. The number of unbranched alkanes of at least 4 members (excludes halogenated alkanes) is 1. The van der Waals surface area contributed by atoms with Crippen LogP contribution in [-0.4, -0.2) is 164 Å². The van der Waals surface area contributed by atoms with Gasteiger partial charge in [-0.3, -0.25) is 24.0 Å². The first-order valence-electron chi connectivity index (χ1n) is 26.6. The van der Waals surface area contributed by atoms with E-state index in [2.05, 4.69) is 20.3 Å². The minimum absolute atomic E-state index is 0.0764. The van der Waals surface area contributed by atoms with E-state index in [0.717, 1.165) is 22.5 Å². The number of aryl methyl sites for hydroxylation is 3. The number of benzene rings is 1. The number of amides is 1. The van der Waals surface area contributed by atoms with E-state index in [1.807, 2.05) is 54.9 Å². The number of Topliss-reactive ketones (excluding diaryl/α,β-unsaturated/α-hetero) is 2. The first-order valence-corrected chi connectivity index (χ1v) is 28.5. The van der Waals surface area contributed by atoms with Crippen LogP contribution < -0.4 is 0 Å². The number of nitrogens with zero attached hydrogens (tertiary/aromatic N) is 8. The summed E-state index contributed by atoms with van der Waals surface area (Å²) in [4.78, 5) is 70.5. The molecule has 3 saturated heterocycles. The van der Waals surface area contributed by atoms with Gasteiger partial charge in [-0.15, -0.1) is 5.10 Å². The van der Waals surface area contributed by atoms with E-state index in [4.69, 9.17) is 23.7 Å². The molecule has 21 heteroatoms. The van der Waals surface area contributed by atoms with Crippen molar-refractivity contribution in [2.45, 2.75) is 172 Å². The molecule has 1 N–H and O–H groups in total. The third kappa shape index (κ3) is 13.1. The van der Waals surface area contributed by atoms with Crippen molar-refractivity contribution in [2.24, 2.45) is 23.7 Å². The van der Waals surface area contributed by atoms with Crippen LogP contribution in [0, 0.1) is 23.7 Å². The Bertz CT molecular complexity index is 2740. The summed E-state index contributed by atoms with van der Waals surface area (Å²) in [6.45, 7) is 15.8. The van der Waals surface area contributed by atoms with Crippen LogP contribution in [0.1, 0.15) is 98.8 Å². The Morgan fingerprint density at radius 3 is 2.33 bits per heavy atom. The Balaban J connectivity index is 1.05. The van der Waals surface area contributed by atoms with Gasteiger partial charge in [0.2, 0.25) is 0 Å². The number of aliphatic hydroxyl groups is 1. The fourth-order valence-corrected chi connectivity index (χ4v) is 12.2. The lowest BCUT2D eigenvalue weighted by Gasteiger charge is -2.47. The van der Waals surface area contributed by atoms with Gasteiger partial charge in [0.25, 0.3) is 0 Å². The van der Waals surface area contributed by atoms with E-state index in [0.29, 0.717) is 51.7 Å². The molecule has 1 aromatic carbocycles. The molecule has 6 heterocycles. The van der Waals surface area contributed by atoms with Gasteiger partial charge in [-0.05, 0) is 103 Å². The molecule has 0 saturated carbocycles. The molecule has 20 nitrogen and oxygen atoms in total. The van der Waals surface area contributed by atoms with Gasteiger partial charge < -0.3 is 43.2 Å². The number of methoxy groups -OCH3 is 1. The summed E-state index contributed by atoms with van der Waals surface area (Å²) in [5, 5.41) is 20.8. The third-order valence-electron chi connectivity index (χ3n) is 16.0. The van der Waals surface area contributed by atoms with Crippen LogP contribution in [0.4, 0.5) is 4.79 Å². The second-order valence-corrected chi connectivity index (χ2v) is 23.7. The third-order valence-corrected chi connectivity index (χ3v) is 17.1. The molecule has 13 atom stereocenters. The van der Waals surface area contributed by atoms with E-state index in [1.54, 1.807) is 87.2 Å². The maximum atomic E-state index is 15.0. The zero-order chi connectivity index (χ0) is 55.3. The molecular weight excluding hydrogens is 997 g/mol. The standard InChI is InChI=1S/C55H78N8O12S/c1-12-45-55(8)49(63(53(68)75-55)25-14-13-24-61-32-43(57-33-61)40-16-15-23-56-30-40)36(4)46(64)34(2)29-54(7,71-10)50(37(5)47(65)38(6)51(67)73-45)74-52-48(66)44(28-35(3)72-52)60(9)26-22-41-31-62(59-58-41)27-21-39-17-19-42(20-18-39)76(11,69)70/h15-20,23,30-38,44-45,48-50,52,66H,12-14,21-22,24-29H2,1-11H3/t34-,35-,36+,37+,38-,44+,45-,48-,49-,50-,52+,54-,55-/m1/s1. The van der Waals surface area contributed by atoms with Crippen LogP contribution >= 0.6 is 0 Å². The minimum Gasteiger partial charge on any atom is -0.458 e. The highest BCUT2D eigenvalue weighted by atomic mass is 32.2. The van der Waals surface area contributed by atoms with E-state index in [-0.39, 0.29) is 36.2 Å². The van der Waals surface area contributed by atoms with Gasteiger partial charge in [0.15, 0.2) is 27.5 Å². The number of fused-ring (bicyclic) bond motifs is 1. The average molecular weight is 1080 g/mol. The van der Waals surface area contributed by atoms with Crippen molar-refractivity contribution in [2.75, 3.05) is 33.5 Å². The number of hydrogen-bond donors (Lipinski definition) is 1. The predicted octanol–water partition coefficient (Wildman–Crippen LogP) is 5.78. The quantitative estimate of drug-likeness (QED) is 0.0706. The van der Waals surface area contributed by atoms with Gasteiger partial charge in [0.05, 0.1) is 46.5 Å². The van der Waals surface area contributed by atoms with Crippen LogP contribution in [0.15, 0.2) is 72.4 Å². The van der Waals surface area contributed by atoms with Crippen molar-refractivity contribution < 1.29 is 56.4 Å². The highest BCUT2D eigenvalue weighted by Gasteiger charge is 2.60. The Hall–Kier alpha value is -5.45. The second kappa shape index (κ2) is 24.5. The fourth-order valence-electron chi connectivity index (χ4n) is 11.5.